The van der Waals surface area contributed by atoms with Gasteiger partial charge in [0.2, 0.25) is 0 Å². The molecule has 0 unspecified atom stereocenters. The summed E-state index contributed by atoms with van der Waals surface area (Å²) in [5.74, 6) is 1.02. The Morgan fingerprint density at radius 2 is 1.86 bits per heavy atom. The number of fused-ring (bicyclic) bond motifs is 1. The first kappa shape index (κ1) is 17.8. The SMILES string of the molecule is CCCCOc1nc(N)c2nc(-c3cccnc3)n(Cc3cccnc3)c2n1. The molecule has 0 atom stereocenters. The maximum absolute atomic E-state index is 6.18. The van der Waals surface area contributed by atoms with Crippen LogP contribution in [0.2, 0.25) is 0 Å². The van der Waals surface area contributed by atoms with Crippen molar-refractivity contribution in [1.29, 1.82) is 0 Å². The van der Waals surface area contributed by atoms with Crippen molar-refractivity contribution in [3.8, 4) is 17.4 Å². The molecule has 4 rings (SSSR count). The van der Waals surface area contributed by atoms with Gasteiger partial charge in [-0.05, 0) is 30.2 Å². The molecular weight excluding hydrogens is 354 g/mol. The number of imidazole rings is 1. The summed E-state index contributed by atoms with van der Waals surface area (Å²) in [6.45, 7) is 3.19. The summed E-state index contributed by atoms with van der Waals surface area (Å²) >= 11 is 0. The lowest BCUT2D eigenvalue weighted by atomic mass is 10.2. The Kier molecular flexibility index (Phi) is 5.09. The van der Waals surface area contributed by atoms with E-state index in [0.717, 1.165) is 29.8 Å². The van der Waals surface area contributed by atoms with Crippen molar-refractivity contribution in [2.24, 2.45) is 0 Å². The third-order valence-electron chi connectivity index (χ3n) is 4.31. The highest BCUT2D eigenvalue weighted by Crippen LogP contribution is 2.28. The second-order valence-electron chi connectivity index (χ2n) is 6.39. The third kappa shape index (κ3) is 3.62. The van der Waals surface area contributed by atoms with Gasteiger partial charge in [-0.2, -0.15) is 9.97 Å². The van der Waals surface area contributed by atoms with Gasteiger partial charge in [0, 0.05) is 30.4 Å². The molecule has 0 bridgehead atoms. The van der Waals surface area contributed by atoms with E-state index in [-0.39, 0.29) is 6.01 Å². The summed E-state index contributed by atoms with van der Waals surface area (Å²) in [5.41, 5.74) is 9.25. The highest BCUT2D eigenvalue weighted by atomic mass is 16.5. The van der Waals surface area contributed by atoms with E-state index in [2.05, 4.69) is 26.9 Å². The minimum Gasteiger partial charge on any atom is -0.463 e. The van der Waals surface area contributed by atoms with E-state index < -0.39 is 0 Å². The van der Waals surface area contributed by atoms with Crippen molar-refractivity contribution < 1.29 is 4.74 Å². The average Bonchev–Trinajstić information content (AvgIpc) is 3.09. The van der Waals surface area contributed by atoms with Crippen LogP contribution in [0.4, 0.5) is 5.82 Å². The molecule has 0 amide bonds. The number of anilines is 1. The zero-order valence-corrected chi connectivity index (χ0v) is 15.6. The van der Waals surface area contributed by atoms with Crippen molar-refractivity contribution in [2.45, 2.75) is 26.3 Å². The zero-order chi connectivity index (χ0) is 19.3. The molecule has 0 radical (unpaired) electrons. The smallest absolute Gasteiger partial charge is 0.320 e. The van der Waals surface area contributed by atoms with E-state index >= 15 is 0 Å². The number of aromatic nitrogens is 6. The van der Waals surface area contributed by atoms with Gasteiger partial charge in [-0.1, -0.05) is 19.4 Å². The molecule has 142 valence electrons. The summed E-state index contributed by atoms with van der Waals surface area (Å²) in [7, 11) is 0. The highest BCUT2D eigenvalue weighted by molar-refractivity contribution is 5.85. The summed E-state index contributed by atoms with van der Waals surface area (Å²) < 4.78 is 7.68. The van der Waals surface area contributed by atoms with E-state index in [1.165, 1.54) is 0 Å². The topological polar surface area (TPSA) is 105 Å². The second kappa shape index (κ2) is 7.99. The predicted octanol–water partition coefficient (Wildman–Crippen LogP) is 3.09. The van der Waals surface area contributed by atoms with Crippen molar-refractivity contribution in [2.75, 3.05) is 12.3 Å². The number of hydrogen-bond donors (Lipinski definition) is 1. The quantitative estimate of drug-likeness (QED) is 0.495. The van der Waals surface area contributed by atoms with Crippen molar-refractivity contribution in [3.63, 3.8) is 0 Å². The molecule has 0 fully saturated rings. The number of rotatable bonds is 7. The standard InChI is InChI=1S/C20H21N7O/c1-2-3-10-28-20-25-17(21)16-19(26-20)27(13-14-6-4-8-22-11-14)18(24-16)15-7-5-9-23-12-15/h4-9,11-12H,2-3,10,13H2,1H3,(H2,21,25,26). The molecule has 4 heterocycles. The molecule has 28 heavy (non-hydrogen) atoms. The van der Waals surface area contributed by atoms with E-state index in [4.69, 9.17) is 15.5 Å². The van der Waals surface area contributed by atoms with Gasteiger partial charge in [0.05, 0.1) is 13.2 Å². The van der Waals surface area contributed by atoms with E-state index in [9.17, 15) is 0 Å². The second-order valence-corrected chi connectivity index (χ2v) is 6.39. The van der Waals surface area contributed by atoms with Crippen LogP contribution in [-0.2, 0) is 6.54 Å². The molecule has 8 heteroatoms. The number of nitrogens with two attached hydrogens (primary N) is 1. The maximum atomic E-state index is 6.18. The Morgan fingerprint density at radius 3 is 2.57 bits per heavy atom. The Morgan fingerprint density at radius 1 is 1.04 bits per heavy atom. The molecule has 4 aromatic heterocycles. The molecule has 0 saturated carbocycles. The summed E-state index contributed by atoms with van der Waals surface area (Å²) in [6, 6.07) is 8.01. The van der Waals surface area contributed by atoms with Crippen LogP contribution in [0.25, 0.3) is 22.6 Å². The van der Waals surface area contributed by atoms with E-state index in [0.29, 0.717) is 30.1 Å². The van der Waals surface area contributed by atoms with Gasteiger partial charge in [-0.3, -0.25) is 9.97 Å². The van der Waals surface area contributed by atoms with Crippen LogP contribution in [0.3, 0.4) is 0 Å². The monoisotopic (exact) mass is 375 g/mol. The Balaban J connectivity index is 1.85. The van der Waals surface area contributed by atoms with Crippen LogP contribution in [0.15, 0.2) is 49.1 Å². The van der Waals surface area contributed by atoms with Crippen LogP contribution in [-0.4, -0.2) is 36.1 Å². The van der Waals surface area contributed by atoms with Crippen molar-refractivity contribution >= 4 is 17.0 Å². The van der Waals surface area contributed by atoms with Crippen molar-refractivity contribution in [3.05, 3.63) is 54.6 Å². The number of ether oxygens (including phenoxy) is 1. The normalized spacial score (nSPS) is 11.0. The fourth-order valence-corrected chi connectivity index (χ4v) is 2.91. The molecular formula is C20H21N7O. The Bertz CT molecular complexity index is 1060. The fourth-order valence-electron chi connectivity index (χ4n) is 2.91. The van der Waals surface area contributed by atoms with Crippen LogP contribution in [0.1, 0.15) is 25.3 Å². The highest BCUT2D eigenvalue weighted by Gasteiger charge is 2.19. The number of nitrogen functional groups attached to an aromatic ring is 1. The van der Waals surface area contributed by atoms with Gasteiger partial charge >= 0.3 is 6.01 Å². The van der Waals surface area contributed by atoms with Gasteiger partial charge in [0.25, 0.3) is 0 Å². The first-order valence-electron chi connectivity index (χ1n) is 9.22. The molecule has 2 N–H and O–H groups in total. The van der Waals surface area contributed by atoms with Crippen LogP contribution in [0, 0.1) is 0 Å². The first-order valence-corrected chi connectivity index (χ1v) is 9.22. The predicted molar refractivity (Wildman–Crippen MR) is 107 cm³/mol. The number of unbranched alkanes of at least 4 members (excludes halogenated alkanes) is 1. The van der Waals surface area contributed by atoms with E-state index in [1.807, 2.05) is 35.0 Å². The number of hydrogen-bond acceptors (Lipinski definition) is 7. The van der Waals surface area contributed by atoms with Gasteiger partial charge in [-0.15, -0.1) is 0 Å². The molecule has 4 aromatic rings. The summed E-state index contributed by atoms with van der Waals surface area (Å²) in [6.07, 6.45) is 9.02. The first-order chi connectivity index (χ1) is 13.8. The minimum atomic E-state index is 0.267. The van der Waals surface area contributed by atoms with Crippen LogP contribution >= 0.6 is 0 Å². The molecule has 0 aliphatic carbocycles. The molecule has 0 spiro atoms. The molecule has 0 saturated heterocycles. The maximum Gasteiger partial charge on any atom is 0.320 e. The largest absolute Gasteiger partial charge is 0.463 e. The lowest BCUT2D eigenvalue weighted by molar-refractivity contribution is 0.286. The third-order valence-corrected chi connectivity index (χ3v) is 4.31. The van der Waals surface area contributed by atoms with Gasteiger partial charge < -0.3 is 15.0 Å². The van der Waals surface area contributed by atoms with Gasteiger partial charge in [-0.25, -0.2) is 4.98 Å². The number of pyridine rings is 2. The van der Waals surface area contributed by atoms with Crippen LogP contribution < -0.4 is 10.5 Å². The fraction of sp³-hybridized carbons (Fsp3) is 0.250. The summed E-state index contributed by atoms with van der Waals surface area (Å²) in [5, 5.41) is 0. The van der Waals surface area contributed by atoms with Gasteiger partial charge in [0.1, 0.15) is 5.82 Å². The van der Waals surface area contributed by atoms with E-state index in [1.54, 1.807) is 18.6 Å². The van der Waals surface area contributed by atoms with Gasteiger partial charge in [0.15, 0.2) is 17.0 Å². The van der Waals surface area contributed by atoms with Crippen molar-refractivity contribution in [1.82, 2.24) is 29.5 Å². The molecule has 0 aromatic carbocycles. The van der Waals surface area contributed by atoms with Crippen LogP contribution in [0.5, 0.6) is 6.01 Å². The zero-order valence-electron chi connectivity index (χ0n) is 15.6. The number of nitrogens with zero attached hydrogens (tertiary/aromatic N) is 6. The molecule has 0 aliphatic heterocycles. The molecule has 8 nitrogen and oxygen atoms in total. The molecule has 0 aliphatic rings. The Labute approximate surface area is 162 Å². The minimum absolute atomic E-state index is 0.267. The average molecular weight is 375 g/mol. The lowest BCUT2D eigenvalue weighted by Gasteiger charge is -2.09. The Hall–Kier alpha value is -3.55. The lowest BCUT2D eigenvalue weighted by Crippen LogP contribution is -2.07. The summed E-state index contributed by atoms with van der Waals surface area (Å²) in [4.78, 5) is 22.0.